The van der Waals surface area contributed by atoms with E-state index >= 15 is 0 Å². The molecule has 2 aromatic rings. The molecule has 10 heteroatoms. The quantitative estimate of drug-likeness (QED) is 0.622. The topological polar surface area (TPSA) is 123 Å². The summed E-state index contributed by atoms with van der Waals surface area (Å²) in [6, 6.07) is 5.47. The SMILES string of the molecule is [2H]C([2H])([2H])NS(=O)(=O)c1ccc(Nc2ncc(CC)c(O[C@@H]3CCOC[C@@H]3O)n2)cc1. The Morgan fingerprint density at radius 3 is 2.86 bits per heavy atom. The van der Waals surface area contributed by atoms with Gasteiger partial charge in [0, 0.05) is 28.0 Å². The Labute approximate surface area is 168 Å². The molecule has 1 aromatic carbocycles. The van der Waals surface area contributed by atoms with Gasteiger partial charge >= 0.3 is 0 Å². The van der Waals surface area contributed by atoms with E-state index in [1.165, 1.54) is 24.3 Å². The number of aliphatic hydroxyl groups is 1. The van der Waals surface area contributed by atoms with E-state index in [0.717, 1.165) is 5.56 Å². The van der Waals surface area contributed by atoms with Gasteiger partial charge in [0.05, 0.1) is 18.1 Å². The summed E-state index contributed by atoms with van der Waals surface area (Å²) in [6.45, 7) is -0.190. The monoisotopic (exact) mass is 411 g/mol. The zero-order valence-electron chi connectivity index (χ0n) is 18.3. The molecule has 0 bridgehead atoms. The summed E-state index contributed by atoms with van der Waals surface area (Å²) < 4.78 is 58.1. The maximum absolute atomic E-state index is 12.1. The first-order valence-corrected chi connectivity index (χ1v) is 10.2. The smallest absolute Gasteiger partial charge is 0.240 e. The van der Waals surface area contributed by atoms with Crippen molar-refractivity contribution in [1.82, 2.24) is 14.7 Å². The highest BCUT2D eigenvalue weighted by Crippen LogP contribution is 2.24. The number of nitrogens with zero attached hydrogens (tertiary/aromatic N) is 2. The Balaban J connectivity index is 1.75. The molecule has 1 saturated heterocycles. The van der Waals surface area contributed by atoms with Gasteiger partial charge in [0.2, 0.25) is 21.9 Å². The normalized spacial score (nSPS) is 22.0. The highest BCUT2D eigenvalue weighted by Gasteiger charge is 2.26. The van der Waals surface area contributed by atoms with E-state index < -0.39 is 29.2 Å². The maximum atomic E-state index is 12.1. The van der Waals surface area contributed by atoms with E-state index in [1.807, 2.05) is 6.92 Å². The number of rotatable bonds is 7. The van der Waals surface area contributed by atoms with Crippen molar-refractivity contribution in [2.75, 3.05) is 25.5 Å². The molecular weight excluding hydrogens is 384 g/mol. The van der Waals surface area contributed by atoms with Crippen LogP contribution in [0.3, 0.4) is 0 Å². The van der Waals surface area contributed by atoms with E-state index in [2.05, 4.69) is 15.3 Å². The molecule has 1 aromatic heterocycles. The van der Waals surface area contributed by atoms with Gasteiger partial charge in [0.1, 0.15) is 12.2 Å². The number of aryl methyl sites for hydroxylation is 1. The Morgan fingerprint density at radius 1 is 1.39 bits per heavy atom. The van der Waals surface area contributed by atoms with Crippen molar-refractivity contribution in [3.8, 4) is 5.88 Å². The molecule has 2 heterocycles. The molecule has 152 valence electrons. The number of nitrogens with one attached hydrogen (secondary N) is 2. The van der Waals surface area contributed by atoms with Crippen molar-refractivity contribution >= 4 is 21.7 Å². The molecule has 3 rings (SSSR count). The van der Waals surface area contributed by atoms with Gasteiger partial charge in [-0.25, -0.2) is 18.1 Å². The van der Waals surface area contributed by atoms with E-state index in [9.17, 15) is 13.5 Å². The van der Waals surface area contributed by atoms with Crippen molar-refractivity contribution in [3.63, 3.8) is 0 Å². The fraction of sp³-hybridized carbons (Fsp3) is 0.444. The minimum absolute atomic E-state index is 0.186. The minimum atomic E-state index is -4.17. The molecule has 28 heavy (non-hydrogen) atoms. The second-order valence-corrected chi connectivity index (χ2v) is 7.90. The average molecular weight is 411 g/mol. The number of benzene rings is 1. The van der Waals surface area contributed by atoms with Gasteiger partial charge in [-0.1, -0.05) is 6.92 Å². The lowest BCUT2D eigenvalue weighted by molar-refractivity contribution is -0.0765. The van der Waals surface area contributed by atoms with Gasteiger partial charge in [0.25, 0.3) is 0 Å². The first kappa shape index (κ1) is 16.7. The van der Waals surface area contributed by atoms with Crippen LogP contribution >= 0.6 is 0 Å². The van der Waals surface area contributed by atoms with Crippen LogP contribution in [0.2, 0.25) is 0 Å². The van der Waals surface area contributed by atoms with Crippen molar-refractivity contribution in [2.45, 2.75) is 36.9 Å². The number of hydrogen-bond acceptors (Lipinski definition) is 8. The minimum Gasteiger partial charge on any atom is -0.471 e. The number of aromatic nitrogens is 2. The van der Waals surface area contributed by atoms with Crippen molar-refractivity contribution in [3.05, 3.63) is 36.0 Å². The lowest BCUT2D eigenvalue weighted by atomic mass is 10.1. The third kappa shape index (κ3) is 4.76. The zero-order valence-corrected chi connectivity index (χ0v) is 16.1. The molecule has 9 nitrogen and oxygen atoms in total. The molecule has 1 aliphatic rings. The fourth-order valence-electron chi connectivity index (χ4n) is 2.69. The van der Waals surface area contributed by atoms with Crippen LogP contribution in [-0.2, 0) is 21.2 Å². The van der Waals surface area contributed by atoms with Gasteiger partial charge in [0.15, 0.2) is 0 Å². The lowest BCUT2D eigenvalue weighted by Crippen LogP contribution is -2.40. The summed E-state index contributed by atoms with van der Waals surface area (Å²) in [4.78, 5) is 8.44. The van der Waals surface area contributed by atoms with Gasteiger partial charge in [-0.3, -0.25) is 0 Å². The number of hydrogen-bond donors (Lipinski definition) is 3. The van der Waals surface area contributed by atoms with Crippen LogP contribution in [-0.4, -0.2) is 55.9 Å². The Hall–Kier alpha value is -2.27. The molecule has 2 atom stereocenters. The van der Waals surface area contributed by atoms with Crippen LogP contribution in [0.4, 0.5) is 11.6 Å². The molecule has 0 saturated carbocycles. The predicted octanol–water partition coefficient (Wildman–Crippen LogP) is 1.22. The van der Waals surface area contributed by atoms with E-state index in [0.29, 0.717) is 31.0 Å². The van der Waals surface area contributed by atoms with Crippen LogP contribution in [0.15, 0.2) is 35.4 Å². The molecule has 0 unspecified atom stereocenters. The maximum Gasteiger partial charge on any atom is 0.240 e. The largest absolute Gasteiger partial charge is 0.471 e. The van der Waals surface area contributed by atoms with Crippen LogP contribution in [0.5, 0.6) is 5.88 Å². The summed E-state index contributed by atoms with van der Waals surface area (Å²) >= 11 is 0. The second-order valence-electron chi connectivity index (χ2n) is 6.22. The highest BCUT2D eigenvalue weighted by molar-refractivity contribution is 7.89. The molecule has 0 amide bonds. The van der Waals surface area contributed by atoms with E-state index in [-0.39, 0.29) is 17.5 Å². The molecule has 1 fully saturated rings. The summed E-state index contributed by atoms with van der Waals surface area (Å²) in [5.41, 5.74) is 1.27. The van der Waals surface area contributed by atoms with Crippen LogP contribution in [0, 0.1) is 0 Å². The van der Waals surface area contributed by atoms with E-state index in [1.54, 1.807) is 10.9 Å². The zero-order chi connectivity index (χ0) is 22.6. The number of sulfonamides is 1. The van der Waals surface area contributed by atoms with Crippen LogP contribution in [0.1, 0.15) is 23.0 Å². The molecule has 0 spiro atoms. The second kappa shape index (κ2) is 8.82. The van der Waals surface area contributed by atoms with Gasteiger partial charge < -0.3 is 19.9 Å². The summed E-state index contributed by atoms with van der Waals surface area (Å²) in [7, 11) is -4.17. The fourth-order valence-corrected chi connectivity index (χ4v) is 3.30. The lowest BCUT2D eigenvalue weighted by Gasteiger charge is -2.28. The molecule has 1 aliphatic heterocycles. The Morgan fingerprint density at radius 2 is 2.18 bits per heavy atom. The van der Waals surface area contributed by atoms with Crippen LogP contribution < -0.4 is 14.8 Å². The molecule has 3 N–H and O–H groups in total. The third-order valence-electron chi connectivity index (χ3n) is 4.29. The Bertz CT molecular complexity index is 1000. The third-order valence-corrected chi connectivity index (χ3v) is 5.45. The average Bonchev–Trinajstić information content (AvgIpc) is 2.69. The summed E-state index contributed by atoms with van der Waals surface area (Å²) in [5, 5.41) is 13.0. The summed E-state index contributed by atoms with van der Waals surface area (Å²) in [6.07, 6.45) is 1.62. The van der Waals surface area contributed by atoms with Crippen molar-refractivity contribution in [2.24, 2.45) is 0 Å². The molecule has 0 aliphatic carbocycles. The van der Waals surface area contributed by atoms with Crippen molar-refractivity contribution in [1.29, 1.82) is 0 Å². The van der Waals surface area contributed by atoms with Crippen molar-refractivity contribution < 1.29 is 27.1 Å². The number of aliphatic hydroxyl groups excluding tert-OH is 1. The first-order valence-electron chi connectivity index (χ1n) is 10.3. The first-order chi connectivity index (χ1) is 14.6. The highest BCUT2D eigenvalue weighted by atomic mass is 32.2. The summed E-state index contributed by atoms with van der Waals surface area (Å²) in [5.74, 6) is 0.581. The molecular formula is C18H24N4O5S. The number of anilines is 2. The predicted molar refractivity (Wildman–Crippen MR) is 103 cm³/mol. The van der Waals surface area contributed by atoms with Crippen LogP contribution in [0.25, 0.3) is 0 Å². The molecule has 0 radical (unpaired) electrons. The standard InChI is InChI=1S/C18H24N4O5S/c1-3-12-10-20-18(22-17(12)27-16-8-9-26-11-15(16)23)21-13-4-6-14(7-5-13)28(24,25)19-2/h4-7,10,15-16,19,23H,3,8-9,11H2,1-2H3,(H,20,21,22)/t15-,16+/m0/s1/i2D3. The number of ether oxygens (including phenoxy) is 2. The van der Waals surface area contributed by atoms with Gasteiger partial charge in [-0.2, -0.15) is 4.98 Å². The van der Waals surface area contributed by atoms with E-state index in [4.69, 9.17) is 13.6 Å². The van der Waals surface area contributed by atoms with Gasteiger partial charge in [-0.05, 0) is 37.7 Å². The Kier molecular flexibility index (Phi) is 5.25. The van der Waals surface area contributed by atoms with Gasteiger partial charge in [-0.15, -0.1) is 0 Å².